The van der Waals surface area contributed by atoms with Crippen LogP contribution in [0.4, 0.5) is 0 Å². The molecule has 0 aromatic heterocycles. The van der Waals surface area contributed by atoms with Crippen LogP contribution < -0.4 is 11.1 Å². The molecule has 0 bridgehead atoms. The van der Waals surface area contributed by atoms with Gasteiger partial charge in [-0.2, -0.15) is 0 Å². The normalized spacial score (nSPS) is 11.4. The lowest BCUT2D eigenvalue weighted by molar-refractivity contribution is -0.129. The summed E-state index contributed by atoms with van der Waals surface area (Å²) in [5.74, 6) is 0.00243. The molecule has 18 heavy (non-hydrogen) atoms. The molecule has 1 aromatic carbocycles. The smallest absolute Gasteiger partial charge is 0.227 e. The van der Waals surface area contributed by atoms with Crippen LogP contribution >= 0.6 is 0 Å². The van der Waals surface area contributed by atoms with Crippen molar-refractivity contribution < 1.29 is 4.79 Å². The van der Waals surface area contributed by atoms with Gasteiger partial charge in [-0.1, -0.05) is 12.1 Å². The number of nitrogens with two attached hydrogens (primary N) is 1. The van der Waals surface area contributed by atoms with Gasteiger partial charge in [-0.3, -0.25) is 4.79 Å². The Morgan fingerprint density at radius 3 is 2.39 bits per heavy atom. The van der Waals surface area contributed by atoms with Crippen molar-refractivity contribution in [1.82, 2.24) is 5.32 Å². The zero-order chi connectivity index (χ0) is 13.9. The zero-order valence-electron chi connectivity index (χ0n) is 12.1. The van der Waals surface area contributed by atoms with Crippen molar-refractivity contribution in [3.63, 3.8) is 0 Å². The average Bonchev–Trinajstić information content (AvgIpc) is 2.34. The number of hydrogen-bond donors (Lipinski definition) is 2. The average molecular weight is 248 g/mol. The first-order valence-electron chi connectivity index (χ1n) is 6.33. The van der Waals surface area contributed by atoms with Crippen LogP contribution in [-0.2, 0) is 11.3 Å². The van der Waals surface area contributed by atoms with Crippen molar-refractivity contribution in [3.8, 4) is 0 Å². The molecule has 0 aliphatic rings. The second kappa shape index (κ2) is 5.53. The third-order valence-electron chi connectivity index (χ3n) is 3.73. The summed E-state index contributed by atoms with van der Waals surface area (Å²) in [5, 5.41) is 2.96. The SMILES string of the molecule is Cc1ccc(CNC(=O)C(C)(C)CN)c(C)c1C. The number of benzene rings is 1. The van der Waals surface area contributed by atoms with Crippen LogP contribution in [0, 0.1) is 26.2 Å². The summed E-state index contributed by atoms with van der Waals surface area (Å²) in [5.41, 5.74) is 10.1. The second-order valence-corrected chi connectivity index (χ2v) is 5.56. The first-order chi connectivity index (χ1) is 8.29. The Balaban J connectivity index is 2.76. The van der Waals surface area contributed by atoms with E-state index in [0.717, 1.165) is 0 Å². The zero-order valence-corrected chi connectivity index (χ0v) is 12.1. The van der Waals surface area contributed by atoms with Crippen LogP contribution in [-0.4, -0.2) is 12.5 Å². The summed E-state index contributed by atoms with van der Waals surface area (Å²) in [7, 11) is 0. The van der Waals surface area contributed by atoms with Crippen molar-refractivity contribution in [2.45, 2.75) is 41.2 Å². The number of nitrogens with one attached hydrogen (secondary N) is 1. The molecule has 0 spiro atoms. The molecule has 0 saturated carbocycles. The van der Waals surface area contributed by atoms with Crippen molar-refractivity contribution in [3.05, 3.63) is 34.4 Å². The first-order valence-corrected chi connectivity index (χ1v) is 6.33. The lowest BCUT2D eigenvalue weighted by Crippen LogP contribution is -2.41. The number of carbonyl (C=O) groups excluding carboxylic acids is 1. The van der Waals surface area contributed by atoms with Gasteiger partial charge in [0.15, 0.2) is 0 Å². The fraction of sp³-hybridized carbons (Fsp3) is 0.533. The molecule has 3 nitrogen and oxygen atoms in total. The second-order valence-electron chi connectivity index (χ2n) is 5.56. The molecule has 0 saturated heterocycles. The van der Waals surface area contributed by atoms with E-state index < -0.39 is 5.41 Å². The molecule has 0 unspecified atom stereocenters. The van der Waals surface area contributed by atoms with Gasteiger partial charge in [0.1, 0.15) is 0 Å². The van der Waals surface area contributed by atoms with Gasteiger partial charge < -0.3 is 11.1 Å². The molecule has 0 radical (unpaired) electrons. The fourth-order valence-electron chi connectivity index (χ4n) is 1.71. The Bertz CT molecular complexity index is 450. The standard InChI is InChI=1S/C15H24N2O/c1-10-6-7-13(12(3)11(10)2)8-17-14(18)15(4,5)9-16/h6-7H,8-9,16H2,1-5H3,(H,17,18). The van der Waals surface area contributed by atoms with Gasteiger partial charge in [-0.15, -0.1) is 0 Å². The molecule has 1 aromatic rings. The lowest BCUT2D eigenvalue weighted by atomic mass is 9.92. The molecule has 0 atom stereocenters. The molecular weight excluding hydrogens is 224 g/mol. The quantitative estimate of drug-likeness (QED) is 0.858. The summed E-state index contributed by atoms with van der Waals surface area (Å²) < 4.78 is 0. The highest BCUT2D eigenvalue weighted by Crippen LogP contribution is 2.18. The van der Waals surface area contributed by atoms with E-state index in [0.29, 0.717) is 13.1 Å². The van der Waals surface area contributed by atoms with E-state index in [1.807, 2.05) is 13.8 Å². The van der Waals surface area contributed by atoms with Crippen LogP contribution in [0.15, 0.2) is 12.1 Å². The predicted molar refractivity (Wildman–Crippen MR) is 75.3 cm³/mol. The lowest BCUT2D eigenvalue weighted by Gasteiger charge is -2.22. The van der Waals surface area contributed by atoms with Gasteiger partial charge in [0.2, 0.25) is 5.91 Å². The van der Waals surface area contributed by atoms with Crippen molar-refractivity contribution in [2.24, 2.45) is 11.1 Å². The predicted octanol–water partition coefficient (Wildman–Crippen LogP) is 2.21. The molecule has 0 fully saturated rings. The molecular formula is C15H24N2O. The maximum absolute atomic E-state index is 11.9. The Labute approximate surface area is 110 Å². The van der Waals surface area contributed by atoms with Crippen LogP contribution in [0.5, 0.6) is 0 Å². The molecule has 1 amide bonds. The van der Waals surface area contributed by atoms with E-state index in [1.54, 1.807) is 0 Å². The van der Waals surface area contributed by atoms with E-state index in [1.165, 1.54) is 22.3 Å². The van der Waals surface area contributed by atoms with Crippen LogP contribution in [0.1, 0.15) is 36.1 Å². The highest BCUT2D eigenvalue weighted by atomic mass is 16.2. The molecule has 1 rings (SSSR count). The highest BCUT2D eigenvalue weighted by Gasteiger charge is 2.25. The van der Waals surface area contributed by atoms with Gasteiger partial charge in [0.25, 0.3) is 0 Å². The summed E-state index contributed by atoms with van der Waals surface area (Å²) in [6.45, 7) is 10.9. The van der Waals surface area contributed by atoms with E-state index in [-0.39, 0.29) is 5.91 Å². The summed E-state index contributed by atoms with van der Waals surface area (Å²) in [6.07, 6.45) is 0. The topological polar surface area (TPSA) is 55.1 Å². The largest absolute Gasteiger partial charge is 0.352 e. The molecule has 0 aliphatic heterocycles. The number of hydrogen-bond acceptors (Lipinski definition) is 2. The Hall–Kier alpha value is -1.35. The van der Waals surface area contributed by atoms with Gasteiger partial charge in [-0.25, -0.2) is 0 Å². The maximum Gasteiger partial charge on any atom is 0.227 e. The maximum atomic E-state index is 11.9. The minimum absolute atomic E-state index is 0.00243. The summed E-state index contributed by atoms with van der Waals surface area (Å²) in [6, 6.07) is 4.17. The summed E-state index contributed by atoms with van der Waals surface area (Å²) in [4.78, 5) is 11.9. The fourth-order valence-corrected chi connectivity index (χ4v) is 1.71. The van der Waals surface area contributed by atoms with E-state index in [2.05, 4.69) is 38.2 Å². The van der Waals surface area contributed by atoms with Crippen LogP contribution in [0.3, 0.4) is 0 Å². The first kappa shape index (κ1) is 14.7. The van der Waals surface area contributed by atoms with Gasteiger partial charge in [0, 0.05) is 13.1 Å². The monoisotopic (exact) mass is 248 g/mol. The molecule has 3 N–H and O–H groups in total. The summed E-state index contributed by atoms with van der Waals surface area (Å²) >= 11 is 0. The molecule has 3 heteroatoms. The van der Waals surface area contributed by atoms with Gasteiger partial charge in [0.05, 0.1) is 5.41 Å². The number of aryl methyl sites for hydroxylation is 1. The number of carbonyl (C=O) groups is 1. The minimum atomic E-state index is -0.506. The van der Waals surface area contributed by atoms with E-state index in [9.17, 15) is 4.79 Å². The Kier molecular flexibility index (Phi) is 4.52. The van der Waals surface area contributed by atoms with Gasteiger partial charge >= 0.3 is 0 Å². The van der Waals surface area contributed by atoms with Crippen LogP contribution in [0.2, 0.25) is 0 Å². The van der Waals surface area contributed by atoms with Crippen LogP contribution in [0.25, 0.3) is 0 Å². The van der Waals surface area contributed by atoms with Crippen molar-refractivity contribution >= 4 is 5.91 Å². The minimum Gasteiger partial charge on any atom is -0.352 e. The van der Waals surface area contributed by atoms with Crippen molar-refractivity contribution in [2.75, 3.05) is 6.54 Å². The molecule has 0 heterocycles. The Morgan fingerprint density at radius 1 is 1.22 bits per heavy atom. The third-order valence-corrected chi connectivity index (χ3v) is 3.73. The van der Waals surface area contributed by atoms with E-state index >= 15 is 0 Å². The number of amides is 1. The number of rotatable bonds is 4. The molecule has 100 valence electrons. The van der Waals surface area contributed by atoms with Gasteiger partial charge in [-0.05, 0) is 56.9 Å². The van der Waals surface area contributed by atoms with Crippen molar-refractivity contribution in [1.29, 1.82) is 0 Å². The third kappa shape index (κ3) is 3.10. The highest BCUT2D eigenvalue weighted by molar-refractivity contribution is 5.82. The Morgan fingerprint density at radius 2 is 1.83 bits per heavy atom. The molecule has 0 aliphatic carbocycles. The van der Waals surface area contributed by atoms with E-state index in [4.69, 9.17) is 5.73 Å².